The van der Waals surface area contributed by atoms with Gasteiger partial charge in [-0.2, -0.15) is 0 Å². The molecule has 162 valence electrons. The minimum absolute atomic E-state index is 0.117. The Balaban J connectivity index is 1.48. The van der Waals surface area contributed by atoms with Crippen molar-refractivity contribution in [3.63, 3.8) is 0 Å². The Morgan fingerprint density at radius 1 is 1.16 bits per heavy atom. The molecule has 0 aliphatic heterocycles. The first-order valence-corrected chi connectivity index (χ1v) is 10.8. The maximum absolute atomic E-state index is 12.4. The highest BCUT2D eigenvalue weighted by Gasteiger charge is 2.12. The number of methoxy groups -OCH3 is 1. The number of rotatable bonds is 9. The summed E-state index contributed by atoms with van der Waals surface area (Å²) in [5.74, 6) is 1.04. The maximum atomic E-state index is 12.4. The Kier molecular flexibility index (Phi) is 7.66. The highest BCUT2D eigenvalue weighted by atomic mass is 32.2. The molecular weight excluding hydrogens is 414 g/mol. The average Bonchev–Trinajstić information content (AvgIpc) is 3.25. The summed E-state index contributed by atoms with van der Waals surface area (Å²) in [4.78, 5) is 28.9. The summed E-state index contributed by atoms with van der Waals surface area (Å²) in [6.45, 7) is 4.24. The van der Waals surface area contributed by atoms with Gasteiger partial charge in [0.2, 0.25) is 11.1 Å². The van der Waals surface area contributed by atoms with Crippen molar-refractivity contribution in [1.82, 2.24) is 20.5 Å². The fourth-order valence-electron chi connectivity index (χ4n) is 2.94. The van der Waals surface area contributed by atoms with Crippen molar-refractivity contribution in [3.05, 3.63) is 65.0 Å². The molecule has 0 atom stereocenters. The molecule has 3 N–H and O–H groups in total. The lowest BCUT2D eigenvalue weighted by molar-refractivity contribution is -0.113. The minimum atomic E-state index is -0.224. The molecule has 9 heteroatoms. The lowest BCUT2D eigenvalue weighted by Gasteiger charge is -2.12. The van der Waals surface area contributed by atoms with Crippen LogP contribution in [0.25, 0.3) is 0 Å². The number of carbonyl (C=O) groups excluding carboxylic acids is 2. The predicted molar refractivity (Wildman–Crippen MR) is 120 cm³/mol. The number of para-hydroxylation sites is 1. The molecule has 1 heterocycles. The van der Waals surface area contributed by atoms with E-state index >= 15 is 0 Å². The first kappa shape index (κ1) is 22.4. The van der Waals surface area contributed by atoms with E-state index in [9.17, 15) is 9.59 Å². The van der Waals surface area contributed by atoms with E-state index in [0.29, 0.717) is 22.3 Å². The second-order valence-electron chi connectivity index (χ2n) is 6.78. The van der Waals surface area contributed by atoms with Crippen LogP contribution in [0.5, 0.6) is 5.75 Å². The van der Waals surface area contributed by atoms with Crippen molar-refractivity contribution in [1.29, 1.82) is 0 Å². The molecule has 0 radical (unpaired) electrons. The van der Waals surface area contributed by atoms with Gasteiger partial charge in [0.25, 0.3) is 5.91 Å². The lowest BCUT2D eigenvalue weighted by Crippen LogP contribution is -2.23. The number of nitrogens with zero attached hydrogens (tertiary/aromatic N) is 2. The average molecular weight is 440 g/mol. The Bertz CT molecular complexity index is 1050. The van der Waals surface area contributed by atoms with Crippen LogP contribution in [0.3, 0.4) is 0 Å². The molecule has 8 nitrogen and oxygen atoms in total. The van der Waals surface area contributed by atoms with Gasteiger partial charge in [-0.05, 0) is 48.7 Å². The van der Waals surface area contributed by atoms with Gasteiger partial charge in [0.05, 0.1) is 19.4 Å². The lowest BCUT2D eigenvalue weighted by atomic mass is 10.1. The summed E-state index contributed by atoms with van der Waals surface area (Å²) < 4.78 is 5.09. The molecule has 0 aliphatic carbocycles. The molecule has 0 saturated heterocycles. The summed E-state index contributed by atoms with van der Waals surface area (Å²) in [6, 6.07) is 12.8. The van der Waals surface area contributed by atoms with Crippen LogP contribution in [0.2, 0.25) is 0 Å². The monoisotopic (exact) mass is 439 g/mol. The molecule has 0 fully saturated rings. The van der Waals surface area contributed by atoms with Crippen molar-refractivity contribution < 1.29 is 14.3 Å². The van der Waals surface area contributed by atoms with Crippen LogP contribution < -0.4 is 15.4 Å². The second-order valence-corrected chi connectivity index (χ2v) is 7.72. The summed E-state index contributed by atoms with van der Waals surface area (Å²) in [6.07, 6.45) is 0.844. The SMILES string of the molecule is CCc1cccc(C)c1NC(=O)CSc1n[nH]c(CNC(=O)c2ccc(OC)cc2)n1. The molecule has 3 aromatic rings. The highest BCUT2D eigenvalue weighted by molar-refractivity contribution is 7.99. The number of benzene rings is 2. The number of hydrogen-bond donors (Lipinski definition) is 3. The van der Waals surface area contributed by atoms with Gasteiger partial charge in [0.15, 0.2) is 0 Å². The number of anilines is 1. The van der Waals surface area contributed by atoms with E-state index < -0.39 is 0 Å². The number of aromatic amines is 1. The van der Waals surface area contributed by atoms with Crippen LogP contribution in [0.1, 0.15) is 34.2 Å². The third-order valence-corrected chi connectivity index (χ3v) is 5.46. The van der Waals surface area contributed by atoms with Crippen LogP contribution in [-0.2, 0) is 17.8 Å². The molecule has 0 saturated carbocycles. The third-order valence-electron chi connectivity index (χ3n) is 4.62. The molecule has 3 rings (SSSR count). The zero-order valence-corrected chi connectivity index (χ0v) is 18.5. The molecule has 1 aromatic heterocycles. The second kappa shape index (κ2) is 10.6. The van der Waals surface area contributed by atoms with Gasteiger partial charge in [0, 0.05) is 11.3 Å². The Morgan fingerprint density at radius 2 is 1.94 bits per heavy atom. The Labute approximate surface area is 185 Å². The van der Waals surface area contributed by atoms with Crippen molar-refractivity contribution in [3.8, 4) is 5.75 Å². The molecule has 0 unspecified atom stereocenters. The number of carbonyl (C=O) groups is 2. The van der Waals surface area contributed by atoms with E-state index in [-0.39, 0.29) is 24.1 Å². The number of aryl methyl sites for hydroxylation is 2. The smallest absolute Gasteiger partial charge is 0.251 e. The first-order chi connectivity index (χ1) is 15.0. The number of aromatic nitrogens is 3. The van der Waals surface area contributed by atoms with E-state index in [1.54, 1.807) is 31.4 Å². The van der Waals surface area contributed by atoms with Gasteiger partial charge in [-0.3, -0.25) is 14.7 Å². The number of nitrogens with one attached hydrogen (secondary N) is 3. The normalized spacial score (nSPS) is 10.5. The third kappa shape index (κ3) is 6.08. The summed E-state index contributed by atoms with van der Waals surface area (Å²) >= 11 is 1.23. The number of amides is 2. The zero-order valence-electron chi connectivity index (χ0n) is 17.7. The maximum Gasteiger partial charge on any atom is 0.251 e. The van der Waals surface area contributed by atoms with Gasteiger partial charge in [-0.1, -0.05) is 36.9 Å². The van der Waals surface area contributed by atoms with E-state index in [0.717, 1.165) is 23.2 Å². The largest absolute Gasteiger partial charge is 0.497 e. The number of ether oxygens (including phenoxy) is 1. The highest BCUT2D eigenvalue weighted by Crippen LogP contribution is 2.22. The molecule has 0 aliphatic rings. The number of hydrogen-bond acceptors (Lipinski definition) is 6. The van der Waals surface area contributed by atoms with E-state index in [1.807, 2.05) is 25.1 Å². The quantitative estimate of drug-likeness (QED) is 0.441. The summed E-state index contributed by atoms with van der Waals surface area (Å²) in [5.41, 5.74) is 3.53. The predicted octanol–water partition coefficient (Wildman–Crippen LogP) is 3.34. The van der Waals surface area contributed by atoms with Crippen LogP contribution in [0, 0.1) is 6.92 Å². The van der Waals surface area contributed by atoms with Crippen molar-refractivity contribution in [2.24, 2.45) is 0 Å². The molecule has 2 amide bonds. The molecule has 0 bridgehead atoms. The topological polar surface area (TPSA) is 109 Å². The van der Waals surface area contributed by atoms with Crippen LogP contribution in [0.15, 0.2) is 47.6 Å². The molecule has 2 aromatic carbocycles. The van der Waals surface area contributed by atoms with Crippen LogP contribution in [-0.4, -0.2) is 39.9 Å². The van der Waals surface area contributed by atoms with Crippen molar-refractivity contribution >= 4 is 29.3 Å². The molecule has 0 spiro atoms. The Morgan fingerprint density at radius 3 is 2.65 bits per heavy atom. The van der Waals surface area contributed by atoms with Gasteiger partial charge in [0.1, 0.15) is 11.6 Å². The number of H-pyrrole nitrogens is 1. The van der Waals surface area contributed by atoms with Gasteiger partial charge < -0.3 is 15.4 Å². The van der Waals surface area contributed by atoms with Crippen LogP contribution in [0.4, 0.5) is 5.69 Å². The van der Waals surface area contributed by atoms with E-state index in [4.69, 9.17) is 4.74 Å². The Hall–Kier alpha value is -3.33. The molecule has 31 heavy (non-hydrogen) atoms. The van der Waals surface area contributed by atoms with Gasteiger partial charge >= 0.3 is 0 Å². The van der Waals surface area contributed by atoms with Crippen molar-refractivity contribution in [2.45, 2.75) is 32.0 Å². The van der Waals surface area contributed by atoms with E-state index in [1.165, 1.54) is 11.8 Å². The fourth-order valence-corrected chi connectivity index (χ4v) is 3.55. The summed E-state index contributed by atoms with van der Waals surface area (Å²) in [5, 5.41) is 13.1. The van der Waals surface area contributed by atoms with E-state index in [2.05, 4.69) is 32.7 Å². The minimum Gasteiger partial charge on any atom is -0.497 e. The standard InChI is InChI=1S/C22H25N5O3S/c1-4-15-7-5-6-14(2)20(15)25-19(28)13-31-22-24-18(26-27-22)12-23-21(29)16-8-10-17(30-3)11-9-16/h5-11H,4,12-13H2,1-3H3,(H,23,29)(H,25,28)(H,24,26,27). The van der Waals surface area contributed by atoms with Crippen LogP contribution >= 0.6 is 11.8 Å². The fraction of sp³-hybridized carbons (Fsp3) is 0.273. The summed E-state index contributed by atoms with van der Waals surface area (Å²) in [7, 11) is 1.57. The van der Waals surface area contributed by atoms with Gasteiger partial charge in [-0.15, -0.1) is 5.10 Å². The van der Waals surface area contributed by atoms with Gasteiger partial charge in [-0.25, -0.2) is 4.98 Å². The zero-order chi connectivity index (χ0) is 22.2. The first-order valence-electron chi connectivity index (χ1n) is 9.84. The number of thioether (sulfide) groups is 1. The molecular formula is C22H25N5O3S. The van der Waals surface area contributed by atoms with Crippen molar-refractivity contribution in [2.75, 3.05) is 18.2 Å².